The topological polar surface area (TPSA) is 41.1 Å². The van der Waals surface area contributed by atoms with Gasteiger partial charge in [-0.25, -0.2) is 4.79 Å². The zero-order valence-corrected chi connectivity index (χ0v) is 24.3. The average Bonchev–Trinajstić information content (AvgIpc) is 3.35. The number of amides is 2. The van der Waals surface area contributed by atoms with Crippen molar-refractivity contribution in [1.82, 2.24) is 10.6 Å². The van der Waals surface area contributed by atoms with Gasteiger partial charge in [0.25, 0.3) is 0 Å². The fraction of sp³-hybridized carbons (Fsp3) is 0.242. The van der Waals surface area contributed by atoms with Crippen molar-refractivity contribution >= 4 is 43.1 Å². The molecule has 194 valence electrons. The Kier molecular flexibility index (Phi) is 7.71. The number of benzene rings is 4. The number of urea groups is 1. The third-order valence-electron chi connectivity index (χ3n) is 7.64. The van der Waals surface area contributed by atoms with Crippen LogP contribution in [-0.4, -0.2) is 28.4 Å². The highest BCUT2D eigenvalue weighted by atomic mass is 31.1. The summed E-state index contributed by atoms with van der Waals surface area (Å²) in [4.78, 5) is 13.1. The molecule has 1 fully saturated rings. The largest absolute Gasteiger partial charge is 0.332 e. The molecule has 38 heavy (non-hydrogen) atoms. The Balaban J connectivity index is 1.61. The molecule has 0 saturated carbocycles. The molecule has 1 saturated heterocycles. The van der Waals surface area contributed by atoms with E-state index in [0.717, 1.165) is 0 Å². The van der Waals surface area contributed by atoms with Gasteiger partial charge in [-0.3, -0.25) is 0 Å². The molecule has 4 aromatic rings. The maximum absolute atomic E-state index is 13.1. The predicted molar refractivity (Wildman–Crippen MR) is 166 cm³/mol. The quantitative estimate of drug-likeness (QED) is 0.271. The second-order valence-electron chi connectivity index (χ2n) is 10.9. The molecule has 1 heterocycles. The van der Waals surface area contributed by atoms with Gasteiger partial charge >= 0.3 is 6.03 Å². The van der Waals surface area contributed by atoms with Crippen molar-refractivity contribution in [2.75, 3.05) is 0 Å². The summed E-state index contributed by atoms with van der Waals surface area (Å²) in [5, 5.41) is 11.6. The van der Waals surface area contributed by atoms with Crippen molar-refractivity contribution in [3.63, 3.8) is 0 Å². The van der Waals surface area contributed by atoms with E-state index in [1.807, 2.05) is 0 Å². The lowest BCUT2D eigenvalue weighted by molar-refractivity contribution is 0.246. The Labute approximate surface area is 229 Å². The van der Waals surface area contributed by atoms with Crippen LogP contribution in [0.4, 0.5) is 4.79 Å². The van der Waals surface area contributed by atoms with Crippen LogP contribution in [-0.2, 0) is 0 Å². The van der Waals surface area contributed by atoms with E-state index in [0.29, 0.717) is 0 Å². The van der Waals surface area contributed by atoms with Crippen molar-refractivity contribution in [2.45, 2.75) is 50.1 Å². The van der Waals surface area contributed by atoms with E-state index in [4.69, 9.17) is 0 Å². The van der Waals surface area contributed by atoms with Crippen LogP contribution in [0.15, 0.2) is 121 Å². The van der Waals surface area contributed by atoms with Gasteiger partial charge in [0, 0.05) is 10.3 Å². The summed E-state index contributed by atoms with van der Waals surface area (Å²) in [6.45, 7) is 9.36. The minimum absolute atomic E-state index is 0.0612. The van der Waals surface area contributed by atoms with Crippen LogP contribution < -0.4 is 31.9 Å². The van der Waals surface area contributed by atoms with Crippen LogP contribution in [0.1, 0.15) is 27.7 Å². The van der Waals surface area contributed by atoms with Gasteiger partial charge in [-0.05, 0) is 37.1 Å². The van der Waals surface area contributed by atoms with E-state index in [2.05, 4.69) is 160 Å². The first-order chi connectivity index (χ1) is 18.3. The highest BCUT2D eigenvalue weighted by molar-refractivity contribution is 7.75. The molecule has 2 unspecified atom stereocenters. The molecular weight excluding hydrogens is 502 g/mol. The Bertz CT molecular complexity index is 1160. The summed E-state index contributed by atoms with van der Waals surface area (Å²) >= 11 is 0. The highest BCUT2D eigenvalue weighted by Crippen LogP contribution is 2.56. The summed E-state index contributed by atoms with van der Waals surface area (Å²) in [6, 6.07) is 43.0. The summed E-state index contributed by atoms with van der Waals surface area (Å²) in [5.74, 6) is 0. The normalized spacial score (nSPS) is 17.9. The van der Waals surface area contributed by atoms with Gasteiger partial charge < -0.3 is 10.6 Å². The Morgan fingerprint density at radius 2 is 0.711 bits per heavy atom. The lowest BCUT2D eigenvalue weighted by Gasteiger charge is -2.48. The molecule has 1 aliphatic rings. The van der Waals surface area contributed by atoms with E-state index >= 15 is 0 Å². The second kappa shape index (κ2) is 11.0. The van der Waals surface area contributed by atoms with Crippen molar-refractivity contribution < 1.29 is 4.79 Å². The van der Waals surface area contributed by atoms with Gasteiger partial charge in [0.1, 0.15) is 0 Å². The molecule has 1 aliphatic heterocycles. The summed E-state index contributed by atoms with van der Waals surface area (Å²) in [6.07, 6.45) is 0. The zero-order valence-electron chi connectivity index (χ0n) is 22.5. The number of hydrogen-bond acceptors (Lipinski definition) is 1. The van der Waals surface area contributed by atoms with E-state index in [1.165, 1.54) is 21.2 Å². The Morgan fingerprint density at radius 3 is 0.947 bits per heavy atom. The fourth-order valence-electron chi connectivity index (χ4n) is 5.88. The molecule has 3 nitrogen and oxygen atoms in total. The van der Waals surface area contributed by atoms with Crippen LogP contribution >= 0.6 is 15.8 Å². The summed E-state index contributed by atoms with van der Waals surface area (Å²) in [5.41, 5.74) is 0. The molecule has 0 aliphatic carbocycles. The molecule has 0 bridgehead atoms. The van der Waals surface area contributed by atoms with Crippen LogP contribution in [0.3, 0.4) is 0 Å². The van der Waals surface area contributed by atoms with Gasteiger partial charge in [-0.1, -0.05) is 149 Å². The van der Waals surface area contributed by atoms with Crippen molar-refractivity contribution in [1.29, 1.82) is 0 Å². The van der Waals surface area contributed by atoms with Gasteiger partial charge in [-0.15, -0.1) is 0 Å². The molecule has 0 radical (unpaired) electrons. The summed E-state index contributed by atoms with van der Waals surface area (Å²) < 4.78 is 0. The van der Waals surface area contributed by atoms with E-state index < -0.39 is 15.8 Å². The van der Waals surface area contributed by atoms with Gasteiger partial charge in [-0.2, -0.15) is 0 Å². The summed E-state index contributed by atoms with van der Waals surface area (Å²) in [7, 11) is -1.55. The monoisotopic (exact) mass is 538 g/mol. The predicted octanol–water partition coefficient (Wildman–Crippen LogP) is 5.86. The van der Waals surface area contributed by atoms with Crippen LogP contribution in [0.2, 0.25) is 0 Å². The third kappa shape index (κ3) is 5.15. The molecule has 2 amide bonds. The first kappa shape index (κ1) is 26.6. The number of rotatable bonds is 8. The van der Waals surface area contributed by atoms with E-state index in [1.54, 1.807) is 0 Å². The van der Waals surface area contributed by atoms with E-state index in [-0.39, 0.29) is 28.4 Å². The molecule has 0 spiro atoms. The Morgan fingerprint density at radius 1 is 0.474 bits per heavy atom. The first-order valence-corrected chi connectivity index (χ1v) is 15.9. The fourth-order valence-corrected chi connectivity index (χ4v) is 12.0. The molecule has 2 atom stereocenters. The molecule has 4 aromatic carbocycles. The maximum Gasteiger partial charge on any atom is 0.315 e. The van der Waals surface area contributed by atoms with Crippen molar-refractivity contribution in [3.8, 4) is 0 Å². The molecule has 5 rings (SSSR count). The molecule has 5 heteroatoms. The zero-order chi connectivity index (χ0) is 26.8. The van der Waals surface area contributed by atoms with Crippen molar-refractivity contribution in [2.24, 2.45) is 0 Å². The van der Waals surface area contributed by atoms with Gasteiger partial charge in [0.2, 0.25) is 0 Å². The standard InChI is InChI=1S/C33H36N2OP2/c1-32(2,37(25-17-9-5-10-18-25)26-19-11-6-12-20-26)29-30(35-31(36)34-29)33(3,4)38(27-21-13-7-14-22-27)28-23-15-8-16-24-28/h5-24,29-30H,1-4H3,(H2,34,35,36). The van der Waals surface area contributed by atoms with Gasteiger partial charge in [0.15, 0.2) is 0 Å². The van der Waals surface area contributed by atoms with Crippen LogP contribution in [0, 0.1) is 0 Å². The van der Waals surface area contributed by atoms with Crippen LogP contribution in [0.25, 0.3) is 0 Å². The Hall–Kier alpha value is -2.99. The van der Waals surface area contributed by atoms with Crippen molar-refractivity contribution in [3.05, 3.63) is 121 Å². The smallest absolute Gasteiger partial charge is 0.315 e. The number of nitrogens with one attached hydrogen (secondary N) is 2. The highest BCUT2D eigenvalue weighted by Gasteiger charge is 2.54. The molecular formula is C33H36N2OP2. The lowest BCUT2D eigenvalue weighted by atomic mass is 9.89. The number of carbonyl (C=O) groups is 1. The first-order valence-electron chi connectivity index (χ1n) is 13.2. The SMILES string of the molecule is CC(C)(C1NC(=O)NC1C(C)(C)P(c1ccccc1)c1ccccc1)P(c1ccccc1)c1ccccc1. The van der Waals surface area contributed by atoms with E-state index in [9.17, 15) is 4.79 Å². The number of carbonyl (C=O) groups excluding carboxylic acids is 1. The number of hydrogen-bond donors (Lipinski definition) is 2. The lowest BCUT2D eigenvalue weighted by Crippen LogP contribution is -2.59. The van der Waals surface area contributed by atoms with Crippen LogP contribution in [0.5, 0.6) is 0 Å². The minimum atomic E-state index is -0.773. The minimum Gasteiger partial charge on any atom is -0.332 e. The molecule has 2 N–H and O–H groups in total. The third-order valence-corrected chi connectivity index (χ3v) is 13.8. The molecule has 0 aromatic heterocycles. The second-order valence-corrected chi connectivity index (χ2v) is 16.6. The maximum atomic E-state index is 13.1. The average molecular weight is 539 g/mol. The van der Waals surface area contributed by atoms with Gasteiger partial charge in [0.05, 0.1) is 12.1 Å².